The fourth-order valence-corrected chi connectivity index (χ4v) is 2.37. The van der Waals surface area contributed by atoms with Crippen LogP contribution in [0.5, 0.6) is 0 Å². The maximum Gasteiger partial charge on any atom is 0.290 e. The van der Waals surface area contributed by atoms with Crippen molar-refractivity contribution in [1.82, 2.24) is 25.2 Å². The van der Waals surface area contributed by atoms with Gasteiger partial charge in [-0.2, -0.15) is 0 Å². The lowest BCUT2D eigenvalue weighted by molar-refractivity contribution is 0.0946. The number of sulfonamides is 1. The summed E-state index contributed by atoms with van der Waals surface area (Å²) in [5.41, 5.74) is 0. The third-order valence-electron chi connectivity index (χ3n) is 2.24. The molecule has 0 aliphatic rings. The van der Waals surface area contributed by atoms with Gasteiger partial charge in [-0.15, -0.1) is 5.10 Å². The van der Waals surface area contributed by atoms with Gasteiger partial charge in [0.1, 0.15) is 5.82 Å². The highest BCUT2D eigenvalue weighted by atomic mass is 32.2. The van der Waals surface area contributed by atoms with Crippen LogP contribution >= 0.6 is 0 Å². The number of nitrogens with one attached hydrogen (secondary N) is 3. The largest absolute Gasteiger partial charge is 0.348 e. The van der Waals surface area contributed by atoms with Crippen molar-refractivity contribution in [1.29, 1.82) is 0 Å². The van der Waals surface area contributed by atoms with Gasteiger partial charge in [-0.1, -0.05) is 13.8 Å². The van der Waals surface area contributed by atoms with Gasteiger partial charge in [-0.05, 0) is 6.42 Å². The summed E-state index contributed by atoms with van der Waals surface area (Å²) in [6, 6.07) is 0. The van der Waals surface area contributed by atoms with Crippen LogP contribution < -0.4 is 10.0 Å². The van der Waals surface area contributed by atoms with E-state index in [4.69, 9.17) is 0 Å². The summed E-state index contributed by atoms with van der Waals surface area (Å²) < 4.78 is 25.0. The van der Waals surface area contributed by atoms with E-state index in [1.165, 1.54) is 0 Å². The minimum Gasteiger partial charge on any atom is -0.348 e. The molecular weight excluding hydrogens is 270 g/mol. The average Bonchev–Trinajstić information content (AvgIpc) is 2.77. The fraction of sp³-hybridized carbons (Fsp3) is 0.700. The molecule has 1 amide bonds. The zero-order chi connectivity index (χ0) is 14.3. The second-order valence-corrected chi connectivity index (χ2v) is 5.85. The molecule has 0 aliphatic heterocycles. The number of aromatic nitrogens is 3. The molecule has 0 aliphatic carbocycles. The first-order chi connectivity index (χ1) is 8.98. The van der Waals surface area contributed by atoms with Crippen LogP contribution in [-0.2, 0) is 16.4 Å². The Morgan fingerprint density at radius 1 is 1.37 bits per heavy atom. The Kier molecular flexibility index (Phi) is 5.90. The molecule has 0 radical (unpaired) electrons. The normalized spacial score (nSPS) is 11.5. The third-order valence-corrected chi connectivity index (χ3v) is 3.71. The highest BCUT2D eigenvalue weighted by Crippen LogP contribution is 1.96. The Morgan fingerprint density at radius 3 is 2.74 bits per heavy atom. The van der Waals surface area contributed by atoms with Crippen molar-refractivity contribution in [2.75, 3.05) is 18.8 Å². The van der Waals surface area contributed by atoms with E-state index < -0.39 is 15.9 Å². The van der Waals surface area contributed by atoms with Crippen LogP contribution in [0.25, 0.3) is 0 Å². The van der Waals surface area contributed by atoms with Crippen LogP contribution in [-0.4, -0.2) is 48.3 Å². The van der Waals surface area contributed by atoms with E-state index >= 15 is 0 Å². The van der Waals surface area contributed by atoms with Gasteiger partial charge in [0.25, 0.3) is 5.91 Å². The molecule has 0 aromatic carbocycles. The predicted octanol–water partition coefficient (Wildman–Crippen LogP) is -0.574. The highest BCUT2D eigenvalue weighted by Gasteiger charge is 2.13. The fourth-order valence-electron chi connectivity index (χ4n) is 1.42. The van der Waals surface area contributed by atoms with Gasteiger partial charge in [0.15, 0.2) is 0 Å². The second kappa shape index (κ2) is 7.19. The zero-order valence-electron chi connectivity index (χ0n) is 11.1. The molecule has 1 aromatic rings. The van der Waals surface area contributed by atoms with Crippen LogP contribution in [0.2, 0.25) is 0 Å². The van der Waals surface area contributed by atoms with Crippen LogP contribution in [0, 0.1) is 0 Å². The number of aromatic amines is 1. The van der Waals surface area contributed by atoms with Gasteiger partial charge >= 0.3 is 0 Å². The Balaban J connectivity index is 2.42. The number of nitrogens with zero attached hydrogens (tertiary/aromatic N) is 2. The summed E-state index contributed by atoms with van der Waals surface area (Å²) in [5.74, 6) is 0.0289. The van der Waals surface area contributed by atoms with Gasteiger partial charge in [-0.3, -0.25) is 9.89 Å². The highest BCUT2D eigenvalue weighted by molar-refractivity contribution is 7.89. The quantitative estimate of drug-likeness (QED) is 0.592. The van der Waals surface area contributed by atoms with Crippen molar-refractivity contribution in [3.63, 3.8) is 0 Å². The van der Waals surface area contributed by atoms with Gasteiger partial charge in [0.2, 0.25) is 15.8 Å². The maximum atomic E-state index is 11.6. The maximum absolute atomic E-state index is 11.6. The molecular formula is C10H19N5O3S. The number of amides is 1. The summed E-state index contributed by atoms with van der Waals surface area (Å²) in [7, 11) is -3.33. The lowest BCUT2D eigenvalue weighted by Crippen LogP contribution is -2.34. The molecule has 9 heteroatoms. The van der Waals surface area contributed by atoms with Crippen LogP contribution in [0.4, 0.5) is 0 Å². The lowest BCUT2D eigenvalue weighted by Gasteiger charge is -2.04. The Morgan fingerprint density at radius 2 is 2.11 bits per heavy atom. The third kappa shape index (κ3) is 5.35. The van der Waals surface area contributed by atoms with E-state index in [0.29, 0.717) is 12.4 Å². The number of carbonyl (C=O) groups is 1. The molecule has 3 N–H and O–H groups in total. The smallest absolute Gasteiger partial charge is 0.290 e. The van der Waals surface area contributed by atoms with E-state index in [1.807, 2.05) is 6.92 Å². The van der Waals surface area contributed by atoms with Gasteiger partial charge in [-0.25, -0.2) is 18.1 Å². The summed E-state index contributed by atoms with van der Waals surface area (Å²) in [6.07, 6.45) is 1.62. The SMILES string of the molecule is CCCc1nc(C(=O)NCCS(=O)(=O)NCC)n[nH]1. The zero-order valence-corrected chi connectivity index (χ0v) is 11.9. The van der Waals surface area contributed by atoms with E-state index in [-0.39, 0.29) is 18.1 Å². The summed E-state index contributed by atoms with van der Waals surface area (Å²) in [4.78, 5) is 15.6. The van der Waals surface area contributed by atoms with Gasteiger partial charge < -0.3 is 5.32 Å². The van der Waals surface area contributed by atoms with Crippen molar-refractivity contribution in [2.24, 2.45) is 0 Å². The summed E-state index contributed by atoms with van der Waals surface area (Å²) >= 11 is 0. The molecule has 19 heavy (non-hydrogen) atoms. The van der Waals surface area contributed by atoms with E-state index in [1.54, 1.807) is 6.92 Å². The van der Waals surface area contributed by atoms with Gasteiger partial charge in [0.05, 0.1) is 5.75 Å². The number of hydrogen-bond acceptors (Lipinski definition) is 5. The molecule has 0 fully saturated rings. The first-order valence-corrected chi connectivity index (χ1v) is 7.80. The number of aryl methyl sites for hydroxylation is 1. The van der Waals surface area contributed by atoms with E-state index in [0.717, 1.165) is 12.8 Å². The molecule has 1 heterocycles. The molecule has 0 unspecified atom stereocenters. The van der Waals surface area contributed by atoms with Crippen molar-refractivity contribution >= 4 is 15.9 Å². The van der Waals surface area contributed by atoms with Crippen molar-refractivity contribution in [3.8, 4) is 0 Å². The molecule has 0 bridgehead atoms. The number of rotatable bonds is 8. The number of H-pyrrole nitrogens is 1. The topological polar surface area (TPSA) is 117 Å². The van der Waals surface area contributed by atoms with E-state index in [9.17, 15) is 13.2 Å². The minimum atomic E-state index is -3.33. The first-order valence-electron chi connectivity index (χ1n) is 6.15. The van der Waals surface area contributed by atoms with E-state index in [2.05, 4.69) is 25.2 Å². The lowest BCUT2D eigenvalue weighted by atomic mass is 10.3. The predicted molar refractivity (Wildman–Crippen MR) is 70.2 cm³/mol. The second-order valence-electron chi connectivity index (χ2n) is 3.93. The Labute approximate surface area is 112 Å². The number of carbonyl (C=O) groups excluding carboxylic acids is 1. The molecule has 0 atom stereocenters. The molecule has 0 spiro atoms. The molecule has 1 aromatic heterocycles. The average molecular weight is 289 g/mol. The number of hydrogen-bond donors (Lipinski definition) is 3. The molecule has 0 saturated carbocycles. The minimum absolute atomic E-state index is 0.0197. The van der Waals surface area contributed by atoms with Crippen LogP contribution in [0.3, 0.4) is 0 Å². The van der Waals surface area contributed by atoms with Crippen LogP contribution in [0.1, 0.15) is 36.7 Å². The first kappa shape index (κ1) is 15.6. The van der Waals surface area contributed by atoms with Crippen molar-refractivity contribution in [2.45, 2.75) is 26.7 Å². The Bertz CT molecular complexity index is 511. The molecule has 1 rings (SSSR count). The van der Waals surface area contributed by atoms with Gasteiger partial charge in [0, 0.05) is 19.5 Å². The summed E-state index contributed by atoms with van der Waals surface area (Å²) in [5, 5.41) is 8.90. The summed E-state index contributed by atoms with van der Waals surface area (Å²) in [6.45, 7) is 4.04. The van der Waals surface area contributed by atoms with Crippen LogP contribution in [0.15, 0.2) is 0 Å². The molecule has 8 nitrogen and oxygen atoms in total. The van der Waals surface area contributed by atoms with Crippen molar-refractivity contribution < 1.29 is 13.2 Å². The van der Waals surface area contributed by atoms with Crippen molar-refractivity contribution in [3.05, 3.63) is 11.6 Å². The Hall–Kier alpha value is -1.48. The molecule has 0 saturated heterocycles. The standard InChI is InChI=1S/C10H19N5O3S/c1-3-5-8-13-9(15-14-8)10(16)11-6-7-19(17,18)12-4-2/h12H,3-7H2,1-2H3,(H,11,16)(H,13,14,15). The molecule has 108 valence electrons. The monoisotopic (exact) mass is 289 g/mol.